The number of aromatic nitrogens is 1. The van der Waals surface area contributed by atoms with Crippen molar-refractivity contribution in [2.75, 3.05) is 13.1 Å². The van der Waals surface area contributed by atoms with E-state index in [0.717, 1.165) is 37.4 Å². The van der Waals surface area contributed by atoms with Crippen LogP contribution in [0.25, 0.3) is 0 Å². The minimum Gasteiger partial charge on any atom is -0.361 e. The number of rotatable bonds is 3. The van der Waals surface area contributed by atoms with Crippen molar-refractivity contribution in [3.8, 4) is 0 Å². The fourth-order valence-corrected chi connectivity index (χ4v) is 2.05. The minimum absolute atomic E-state index is 0.324. The highest BCUT2D eigenvalue weighted by atomic mass is 16.5. The van der Waals surface area contributed by atoms with E-state index in [0.29, 0.717) is 12.6 Å². The Morgan fingerprint density at radius 2 is 2.35 bits per heavy atom. The predicted octanol–water partition coefficient (Wildman–Crippen LogP) is 0.616. The Morgan fingerprint density at radius 1 is 1.65 bits per heavy atom. The number of nitrogens with one attached hydrogen (secondary N) is 1. The second kappa shape index (κ2) is 5.18. The summed E-state index contributed by atoms with van der Waals surface area (Å²) in [5, 5.41) is 7.33. The number of carbonyl (C=O) groups excluding carboxylic acids is 1. The van der Waals surface area contributed by atoms with Crippen LogP contribution in [0.2, 0.25) is 0 Å². The molecule has 94 valence electrons. The highest BCUT2D eigenvalue weighted by Crippen LogP contribution is 2.11. The first-order chi connectivity index (χ1) is 8.15. The van der Waals surface area contributed by atoms with E-state index in [1.807, 2.05) is 13.0 Å². The second-order valence-corrected chi connectivity index (χ2v) is 4.41. The molecule has 0 unspecified atom stereocenters. The van der Waals surface area contributed by atoms with E-state index in [4.69, 9.17) is 10.3 Å². The molecule has 1 aromatic rings. The molecule has 0 saturated carbocycles. The lowest BCUT2D eigenvalue weighted by Gasteiger charge is -2.31. The van der Waals surface area contributed by atoms with Gasteiger partial charge in [0.1, 0.15) is 5.76 Å². The molecular weight excluding hydrogens is 220 g/mol. The molecule has 2 amide bonds. The summed E-state index contributed by atoms with van der Waals surface area (Å²) in [4.78, 5) is 12.6. The topological polar surface area (TPSA) is 84.4 Å². The van der Waals surface area contributed by atoms with Crippen molar-refractivity contribution in [1.29, 1.82) is 0 Å². The molecule has 1 saturated heterocycles. The Bertz CT molecular complexity index is 383. The van der Waals surface area contributed by atoms with Gasteiger partial charge in [-0.3, -0.25) is 0 Å². The van der Waals surface area contributed by atoms with Crippen LogP contribution in [0.5, 0.6) is 0 Å². The van der Waals surface area contributed by atoms with Crippen LogP contribution < -0.4 is 11.1 Å². The molecule has 6 nitrogen and oxygen atoms in total. The molecule has 6 heteroatoms. The van der Waals surface area contributed by atoms with Crippen LogP contribution >= 0.6 is 0 Å². The average Bonchev–Trinajstić information content (AvgIpc) is 2.73. The van der Waals surface area contributed by atoms with Crippen molar-refractivity contribution in [3.05, 3.63) is 17.5 Å². The molecule has 2 rings (SSSR count). The van der Waals surface area contributed by atoms with Gasteiger partial charge >= 0.3 is 6.03 Å². The van der Waals surface area contributed by atoms with Gasteiger partial charge in [-0.25, -0.2) is 4.79 Å². The average molecular weight is 238 g/mol. The van der Waals surface area contributed by atoms with Crippen LogP contribution in [0.4, 0.5) is 4.79 Å². The van der Waals surface area contributed by atoms with E-state index in [-0.39, 0.29) is 6.03 Å². The first-order valence-corrected chi connectivity index (χ1v) is 5.85. The number of nitrogens with two attached hydrogens (primary N) is 1. The van der Waals surface area contributed by atoms with Crippen molar-refractivity contribution < 1.29 is 9.32 Å². The van der Waals surface area contributed by atoms with Crippen molar-refractivity contribution in [3.63, 3.8) is 0 Å². The number of primary amides is 1. The molecule has 0 aliphatic carbocycles. The van der Waals surface area contributed by atoms with Crippen LogP contribution in [-0.4, -0.2) is 35.2 Å². The molecular formula is C11H18N4O2. The molecule has 0 bridgehead atoms. The highest BCUT2D eigenvalue weighted by molar-refractivity contribution is 5.72. The normalized spacial score (nSPS) is 17.4. The van der Waals surface area contributed by atoms with Crippen LogP contribution in [0.1, 0.15) is 24.3 Å². The third kappa shape index (κ3) is 3.20. The van der Waals surface area contributed by atoms with E-state index in [1.165, 1.54) is 0 Å². The monoisotopic (exact) mass is 238 g/mol. The van der Waals surface area contributed by atoms with Crippen LogP contribution in [0.15, 0.2) is 10.6 Å². The zero-order chi connectivity index (χ0) is 12.3. The van der Waals surface area contributed by atoms with Gasteiger partial charge in [0.05, 0.1) is 5.69 Å². The molecule has 0 radical (unpaired) electrons. The van der Waals surface area contributed by atoms with Crippen molar-refractivity contribution in [2.24, 2.45) is 5.73 Å². The second-order valence-electron chi connectivity index (χ2n) is 4.41. The van der Waals surface area contributed by atoms with E-state index in [2.05, 4.69) is 10.5 Å². The molecule has 2 heterocycles. The summed E-state index contributed by atoms with van der Waals surface area (Å²) >= 11 is 0. The van der Waals surface area contributed by atoms with Gasteiger partial charge in [-0.15, -0.1) is 0 Å². The largest absolute Gasteiger partial charge is 0.361 e. The van der Waals surface area contributed by atoms with Gasteiger partial charge in [-0.2, -0.15) is 0 Å². The van der Waals surface area contributed by atoms with Crippen molar-refractivity contribution >= 4 is 6.03 Å². The third-order valence-electron chi connectivity index (χ3n) is 3.06. The summed E-state index contributed by atoms with van der Waals surface area (Å²) in [6, 6.07) is 2.02. The lowest BCUT2D eigenvalue weighted by molar-refractivity contribution is 0.185. The number of carbonyl (C=O) groups is 1. The van der Waals surface area contributed by atoms with Gasteiger partial charge in [-0.1, -0.05) is 5.16 Å². The minimum atomic E-state index is -0.324. The Labute approximate surface area is 100 Å². The van der Waals surface area contributed by atoms with Gasteiger partial charge in [0, 0.05) is 31.7 Å². The van der Waals surface area contributed by atoms with E-state index >= 15 is 0 Å². The number of hydrogen-bond donors (Lipinski definition) is 2. The van der Waals surface area contributed by atoms with Gasteiger partial charge < -0.3 is 20.5 Å². The first-order valence-electron chi connectivity index (χ1n) is 5.85. The van der Waals surface area contributed by atoms with Crippen molar-refractivity contribution in [1.82, 2.24) is 15.4 Å². The summed E-state index contributed by atoms with van der Waals surface area (Å²) in [7, 11) is 0. The molecule has 0 aromatic carbocycles. The van der Waals surface area contributed by atoms with E-state index in [9.17, 15) is 4.79 Å². The maximum absolute atomic E-state index is 10.9. The molecule has 0 spiro atoms. The molecule has 3 N–H and O–H groups in total. The Kier molecular flexibility index (Phi) is 3.63. The molecule has 1 aliphatic heterocycles. The first kappa shape index (κ1) is 11.9. The smallest absolute Gasteiger partial charge is 0.314 e. The highest BCUT2D eigenvalue weighted by Gasteiger charge is 2.20. The Morgan fingerprint density at radius 3 is 2.88 bits per heavy atom. The van der Waals surface area contributed by atoms with Crippen LogP contribution in [0.3, 0.4) is 0 Å². The summed E-state index contributed by atoms with van der Waals surface area (Å²) in [5.74, 6) is 0.824. The standard InChI is InChI=1S/C11H18N4O2/c1-8-6-10(14-17-8)7-13-9-2-4-15(5-3-9)11(12)16/h6,9,13H,2-5,7H2,1H3,(H2,12,16). The summed E-state index contributed by atoms with van der Waals surface area (Å²) in [6.07, 6.45) is 1.86. The molecule has 1 aliphatic rings. The molecule has 1 fully saturated rings. The summed E-state index contributed by atoms with van der Waals surface area (Å²) < 4.78 is 4.99. The zero-order valence-corrected chi connectivity index (χ0v) is 9.98. The van der Waals surface area contributed by atoms with Gasteiger partial charge in [-0.05, 0) is 19.8 Å². The number of aryl methyl sites for hydroxylation is 1. The fraction of sp³-hybridized carbons (Fsp3) is 0.636. The maximum Gasteiger partial charge on any atom is 0.314 e. The number of hydrogen-bond acceptors (Lipinski definition) is 4. The van der Waals surface area contributed by atoms with Crippen LogP contribution in [0, 0.1) is 6.92 Å². The number of likely N-dealkylation sites (tertiary alicyclic amines) is 1. The molecule has 0 atom stereocenters. The lowest BCUT2D eigenvalue weighted by Crippen LogP contribution is -2.46. The number of urea groups is 1. The Hall–Kier alpha value is -1.56. The SMILES string of the molecule is Cc1cc(CNC2CCN(C(N)=O)CC2)no1. The Balaban J connectivity index is 1.73. The zero-order valence-electron chi connectivity index (χ0n) is 9.98. The van der Waals surface area contributed by atoms with Gasteiger partial charge in [0.2, 0.25) is 0 Å². The number of nitrogens with zero attached hydrogens (tertiary/aromatic N) is 2. The number of piperidine rings is 1. The summed E-state index contributed by atoms with van der Waals surface area (Å²) in [5.41, 5.74) is 6.14. The molecule has 1 aromatic heterocycles. The molecule has 17 heavy (non-hydrogen) atoms. The quantitative estimate of drug-likeness (QED) is 0.808. The van der Waals surface area contributed by atoms with Crippen LogP contribution in [-0.2, 0) is 6.54 Å². The summed E-state index contributed by atoms with van der Waals surface area (Å²) in [6.45, 7) is 4.04. The third-order valence-corrected chi connectivity index (χ3v) is 3.06. The van der Waals surface area contributed by atoms with Gasteiger partial charge in [0.25, 0.3) is 0 Å². The lowest BCUT2D eigenvalue weighted by atomic mass is 10.1. The van der Waals surface area contributed by atoms with Gasteiger partial charge in [0.15, 0.2) is 0 Å². The van der Waals surface area contributed by atoms with E-state index < -0.39 is 0 Å². The van der Waals surface area contributed by atoms with E-state index in [1.54, 1.807) is 4.90 Å². The maximum atomic E-state index is 10.9. The predicted molar refractivity (Wildman–Crippen MR) is 62.3 cm³/mol. The fourth-order valence-electron chi connectivity index (χ4n) is 2.05. The van der Waals surface area contributed by atoms with Crippen molar-refractivity contribution in [2.45, 2.75) is 32.4 Å². The number of amides is 2.